The van der Waals surface area contributed by atoms with Crippen LogP contribution in [-0.4, -0.2) is 22.6 Å². The second kappa shape index (κ2) is 9.71. The number of aliphatic imine (C=N–C) groups is 1. The van der Waals surface area contributed by atoms with E-state index in [-0.39, 0.29) is 0 Å². The predicted octanol–water partition coefficient (Wildman–Crippen LogP) is 7.08. The number of nitrogens with zero attached hydrogens (tertiary/aromatic N) is 3. The summed E-state index contributed by atoms with van der Waals surface area (Å²) >= 11 is 6.26. The molecule has 0 aliphatic rings. The largest absolute Gasteiger partial charge is 0.494 e. The van der Waals surface area contributed by atoms with Crippen molar-refractivity contribution in [1.29, 1.82) is 0 Å². The van der Waals surface area contributed by atoms with Crippen LogP contribution < -0.4 is 9.47 Å². The molecule has 6 heteroatoms. The Morgan fingerprint density at radius 1 is 0.969 bits per heavy atom. The molecule has 0 fully saturated rings. The SMILES string of the molecule is CCOc1ccc(Oc2c(C=Nc3ccc(C)c(Cl)c3)c(C)nn2-c2ccccc2)cc1. The molecular formula is C26H24ClN3O2. The van der Waals surface area contributed by atoms with Crippen LogP contribution in [0.2, 0.25) is 5.02 Å². The highest BCUT2D eigenvalue weighted by Gasteiger charge is 2.18. The zero-order valence-corrected chi connectivity index (χ0v) is 19.0. The van der Waals surface area contributed by atoms with E-state index in [4.69, 9.17) is 26.2 Å². The third kappa shape index (κ3) is 4.84. The molecule has 162 valence electrons. The maximum atomic E-state index is 6.31. The highest BCUT2D eigenvalue weighted by Crippen LogP contribution is 2.31. The van der Waals surface area contributed by atoms with Gasteiger partial charge in [-0.05, 0) is 74.9 Å². The van der Waals surface area contributed by atoms with Gasteiger partial charge in [0.05, 0.1) is 29.2 Å². The number of para-hydroxylation sites is 1. The number of hydrogen-bond donors (Lipinski definition) is 0. The summed E-state index contributed by atoms with van der Waals surface area (Å²) in [5, 5.41) is 5.40. The van der Waals surface area contributed by atoms with E-state index in [9.17, 15) is 0 Å². The monoisotopic (exact) mass is 445 g/mol. The summed E-state index contributed by atoms with van der Waals surface area (Å²) in [4.78, 5) is 4.62. The Labute approximate surface area is 192 Å². The lowest BCUT2D eigenvalue weighted by molar-refractivity contribution is 0.339. The Balaban J connectivity index is 1.74. The van der Waals surface area contributed by atoms with E-state index in [1.165, 1.54) is 0 Å². The topological polar surface area (TPSA) is 48.6 Å². The first kappa shape index (κ1) is 21.7. The van der Waals surface area contributed by atoms with Gasteiger partial charge in [-0.3, -0.25) is 4.99 Å². The minimum absolute atomic E-state index is 0.583. The van der Waals surface area contributed by atoms with Gasteiger partial charge in [0.25, 0.3) is 0 Å². The summed E-state index contributed by atoms with van der Waals surface area (Å²) in [6, 6.07) is 23.1. The lowest BCUT2D eigenvalue weighted by atomic mass is 10.2. The smallest absolute Gasteiger partial charge is 0.231 e. The average Bonchev–Trinajstić information content (AvgIpc) is 3.11. The number of halogens is 1. The van der Waals surface area contributed by atoms with Gasteiger partial charge in [0.2, 0.25) is 5.88 Å². The van der Waals surface area contributed by atoms with Crippen molar-refractivity contribution in [2.45, 2.75) is 20.8 Å². The van der Waals surface area contributed by atoms with Gasteiger partial charge in [-0.2, -0.15) is 9.78 Å². The predicted molar refractivity (Wildman–Crippen MR) is 129 cm³/mol. The quantitative estimate of drug-likeness (QED) is 0.285. The molecule has 0 amide bonds. The van der Waals surface area contributed by atoms with Crippen LogP contribution in [0, 0.1) is 13.8 Å². The number of benzene rings is 3. The summed E-state index contributed by atoms with van der Waals surface area (Å²) in [7, 11) is 0. The van der Waals surface area contributed by atoms with E-state index in [2.05, 4.69) is 4.99 Å². The molecule has 32 heavy (non-hydrogen) atoms. The van der Waals surface area contributed by atoms with Crippen molar-refractivity contribution in [3.8, 4) is 23.1 Å². The molecule has 4 aromatic rings. The van der Waals surface area contributed by atoms with Gasteiger partial charge in [-0.1, -0.05) is 35.9 Å². The molecule has 0 aliphatic carbocycles. The molecule has 0 radical (unpaired) electrons. The fraction of sp³-hybridized carbons (Fsp3) is 0.154. The fourth-order valence-electron chi connectivity index (χ4n) is 3.19. The van der Waals surface area contributed by atoms with Crippen molar-refractivity contribution in [2.75, 3.05) is 6.61 Å². The normalized spacial score (nSPS) is 11.1. The van der Waals surface area contributed by atoms with Crippen LogP contribution in [0.5, 0.6) is 17.4 Å². The minimum Gasteiger partial charge on any atom is -0.494 e. The van der Waals surface area contributed by atoms with Crippen molar-refractivity contribution >= 4 is 23.5 Å². The lowest BCUT2D eigenvalue weighted by Crippen LogP contribution is -2.00. The van der Waals surface area contributed by atoms with E-state index in [0.717, 1.165) is 33.9 Å². The average molecular weight is 446 g/mol. The van der Waals surface area contributed by atoms with Crippen LogP contribution in [0.25, 0.3) is 5.69 Å². The maximum Gasteiger partial charge on any atom is 0.231 e. The molecule has 0 saturated heterocycles. The molecule has 5 nitrogen and oxygen atoms in total. The number of aromatic nitrogens is 2. The van der Waals surface area contributed by atoms with Gasteiger partial charge in [0.1, 0.15) is 11.5 Å². The Hall–Kier alpha value is -3.57. The molecule has 0 N–H and O–H groups in total. The van der Waals surface area contributed by atoms with Crippen molar-refractivity contribution in [3.63, 3.8) is 0 Å². The molecule has 4 rings (SSSR count). The Morgan fingerprint density at radius 2 is 1.69 bits per heavy atom. The number of hydrogen-bond acceptors (Lipinski definition) is 4. The Bertz CT molecular complexity index is 1230. The molecule has 1 heterocycles. The lowest BCUT2D eigenvalue weighted by Gasteiger charge is -2.11. The van der Waals surface area contributed by atoms with Crippen molar-refractivity contribution in [1.82, 2.24) is 9.78 Å². The molecule has 0 bridgehead atoms. The van der Waals surface area contributed by atoms with Crippen molar-refractivity contribution < 1.29 is 9.47 Å². The van der Waals surface area contributed by atoms with Crippen molar-refractivity contribution in [3.05, 3.63) is 94.6 Å². The number of aryl methyl sites for hydroxylation is 2. The van der Waals surface area contributed by atoms with Crippen LogP contribution in [0.4, 0.5) is 5.69 Å². The van der Waals surface area contributed by atoms with E-state index >= 15 is 0 Å². The number of ether oxygens (including phenoxy) is 2. The first-order valence-corrected chi connectivity index (χ1v) is 10.8. The molecule has 0 saturated carbocycles. The maximum absolute atomic E-state index is 6.31. The summed E-state index contributed by atoms with van der Waals surface area (Å²) in [5.41, 5.74) is 4.27. The van der Waals surface area contributed by atoms with Crippen molar-refractivity contribution in [2.24, 2.45) is 4.99 Å². The van der Waals surface area contributed by atoms with Crippen LogP contribution in [-0.2, 0) is 0 Å². The molecule has 1 aromatic heterocycles. The zero-order chi connectivity index (χ0) is 22.5. The van der Waals surface area contributed by atoms with Crippen LogP contribution in [0.3, 0.4) is 0 Å². The second-order valence-electron chi connectivity index (χ2n) is 7.25. The molecule has 0 aliphatic heterocycles. The third-order valence-corrected chi connectivity index (χ3v) is 5.32. The van der Waals surface area contributed by atoms with Gasteiger partial charge in [-0.15, -0.1) is 0 Å². The van der Waals surface area contributed by atoms with Gasteiger partial charge >= 0.3 is 0 Å². The van der Waals surface area contributed by atoms with Crippen LogP contribution in [0.15, 0.2) is 77.8 Å². The summed E-state index contributed by atoms with van der Waals surface area (Å²) in [5.74, 6) is 2.06. The van der Waals surface area contributed by atoms with E-state index in [0.29, 0.717) is 23.3 Å². The van der Waals surface area contributed by atoms with Gasteiger partial charge < -0.3 is 9.47 Å². The molecule has 0 unspecified atom stereocenters. The third-order valence-electron chi connectivity index (χ3n) is 4.91. The highest BCUT2D eigenvalue weighted by molar-refractivity contribution is 6.31. The zero-order valence-electron chi connectivity index (χ0n) is 18.2. The van der Waals surface area contributed by atoms with Gasteiger partial charge in [0, 0.05) is 11.2 Å². The highest BCUT2D eigenvalue weighted by atomic mass is 35.5. The summed E-state index contributed by atoms with van der Waals surface area (Å²) < 4.78 is 13.6. The minimum atomic E-state index is 0.583. The summed E-state index contributed by atoms with van der Waals surface area (Å²) in [6.07, 6.45) is 1.77. The van der Waals surface area contributed by atoms with E-state index in [1.807, 2.05) is 93.6 Å². The first-order chi connectivity index (χ1) is 15.5. The summed E-state index contributed by atoms with van der Waals surface area (Å²) in [6.45, 7) is 6.48. The number of rotatable bonds is 7. The second-order valence-corrected chi connectivity index (χ2v) is 7.66. The first-order valence-electron chi connectivity index (χ1n) is 10.4. The van der Waals surface area contributed by atoms with E-state index < -0.39 is 0 Å². The standard InChI is InChI=1S/C26H24ClN3O2/c1-4-31-22-12-14-23(15-13-22)32-26-24(17-28-20-11-10-18(2)25(27)16-20)19(3)29-30(26)21-8-6-5-7-9-21/h5-17H,4H2,1-3H3. The van der Waals surface area contributed by atoms with Gasteiger partial charge in [-0.25, -0.2) is 0 Å². The Kier molecular flexibility index (Phi) is 6.57. The molecule has 0 spiro atoms. The van der Waals surface area contributed by atoms with E-state index in [1.54, 1.807) is 10.9 Å². The van der Waals surface area contributed by atoms with Crippen LogP contribution >= 0.6 is 11.6 Å². The van der Waals surface area contributed by atoms with Gasteiger partial charge in [0.15, 0.2) is 0 Å². The molecular weight excluding hydrogens is 422 g/mol. The Morgan fingerprint density at radius 3 is 2.38 bits per heavy atom. The van der Waals surface area contributed by atoms with Crippen LogP contribution in [0.1, 0.15) is 23.7 Å². The fourth-order valence-corrected chi connectivity index (χ4v) is 3.37. The molecule has 3 aromatic carbocycles. The molecule has 0 atom stereocenters.